The molecule has 0 spiro atoms. The molecule has 0 heterocycles. The van der Waals surface area contributed by atoms with Crippen molar-refractivity contribution >= 4 is 56.3 Å². The third-order valence-electron chi connectivity index (χ3n) is 2.34. The molecule has 0 bridgehead atoms. The van der Waals surface area contributed by atoms with E-state index in [1.54, 1.807) is 30.3 Å². The van der Waals surface area contributed by atoms with Gasteiger partial charge in [-0.05, 0) is 30.3 Å². The second-order valence-electron chi connectivity index (χ2n) is 3.65. The monoisotopic (exact) mass is 375 g/mol. The summed E-state index contributed by atoms with van der Waals surface area (Å²) in [6, 6.07) is 10.5. The molecule has 0 amide bonds. The molecule has 2 aromatic rings. The van der Waals surface area contributed by atoms with Crippen molar-refractivity contribution in [1.82, 2.24) is 0 Å². The minimum absolute atomic E-state index is 0.175. The maximum Gasteiger partial charge on any atom is 0.146 e. The van der Waals surface area contributed by atoms with Gasteiger partial charge in [0, 0.05) is 4.47 Å². The van der Waals surface area contributed by atoms with Gasteiger partial charge in [0.05, 0.1) is 15.6 Å². The van der Waals surface area contributed by atoms with Gasteiger partial charge in [-0.2, -0.15) is 0 Å². The van der Waals surface area contributed by atoms with E-state index in [4.69, 9.17) is 45.9 Å². The second kappa shape index (κ2) is 6.09. The van der Waals surface area contributed by atoms with Gasteiger partial charge in [-0.15, -0.1) is 0 Å². The normalized spacial score (nSPS) is 10.3. The van der Waals surface area contributed by atoms with Crippen LogP contribution < -0.4 is 10.5 Å². The maximum atomic E-state index is 6.10. The first-order valence-electron chi connectivity index (χ1n) is 5.20. The minimum Gasteiger partial charge on any atom is -0.455 e. The maximum absolute atomic E-state index is 6.10. The molecule has 2 aromatic carbocycles. The Labute approximate surface area is 134 Å². The molecule has 0 unspecified atom stereocenters. The number of nitrogens with two attached hydrogens (primary N) is 1. The number of ether oxygens (including phenoxy) is 1. The molecule has 0 saturated heterocycles. The molecule has 0 aliphatic carbocycles. The van der Waals surface area contributed by atoms with Crippen LogP contribution in [0.3, 0.4) is 0 Å². The second-order valence-corrected chi connectivity index (χ2v) is 5.82. The standard InChI is InChI=1S/C13H8BrCl2NOS/c14-7-4-5-10(9(16)6-7)18-11-3-1-2-8(15)12(11)13(17)19/h1-6H,(H2,17,19). The van der Waals surface area contributed by atoms with Gasteiger partial charge in [0.1, 0.15) is 16.5 Å². The molecule has 2 rings (SSSR count). The van der Waals surface area contributed by atoms with E-state index in [2.05, 4.69) is 15.9 Å². The zero-order valence-corrected chi connectivity index (χ0v) is 13.4. The summed E-state index contributed by atoms with van der Waals surface area (Å²) in [7, 11) is 0. The summed E-state index contributed by atoms with van der Waals surface area (Å²) in [5.41, 5.74) is 6.16. The Hall–Kier alpha value is -0.810. The van der Waals surface area contributed by atoms with Crippen LogP contribution in [0.4, 0.5) is 0 Å². The molecule has 98 valence electrons. The number of halogens is 3. The van der Waals surface area contributed by atoms with Crippen molar-refractivity contribution in [2.24, 2.45) is 5.73 Å². The molecule has 0 radical (unpaired) electrons. The first-order valence-corrected chi connectivity index (χ1v) is 7.16. The lowest BCUT2D eigenvalue weighted by Gasteiger charge is -2.12. The zero-order valence-electron chi connectivity index (χ0n) is 9.49. The highest BCUT2D eigenvalue weighted by Crippen LogP contribution is 2.35. The molecule has 19 heavy (non-hydrogen) atoms. The Bertz CT molecular complexity index is 649. The fourth-order valence-electron chi connectivity index (χ4n) is 1.50. The van der Waals surface area contributed by atoms with E-state index in [0.717, 1.165) is 4.47 Å². The van der Waals surface area contributed by atoms with Crippen LogP contribution in [0.5, 0.6) is 11.5 Å². The SMILES string of the molecule is NC(=S)c1c(Cl)cccc1Oc1ccc(Br)cc1Cl. The predicted molar refractivity (Wildman–Crippen MR) is 86.6 cm³/mol. The van der Waals surface area contributed by atoms with Crippen molar-refractivity contribution in [1.29, 1.82) is 0 Å². The number of rotatable bonds is 3. The van der Waals surface area contributed by atoms with Gasteiger partial charge >= 0.3 is 0 Å². The minimum atomic E-state index is 0.175. The van der Waals surface area contributed by atoms with Crippen molar-refractivity contribution in [3.63, 3.8) is 0 Å². The molecule has 2 N–H and O–H groups in total. The molecular formula is C13H8BrCl2NOS. The van der Waals surface area contributed by atoms with Crippen molar-refractivity contribution < 1.29 is 4.74 Å². The quantitative estimate of drug-likeness (QED) is 0.749. The van der Waals surface area contributed by atoms with Gasteiger partial charge in [-0.1, -0.05) is 57.4 Å². The summed E-state index contributed by atoms with van der Waals surface area (Å²) < 4.78 is 6.60. The van der Waals surface area contributed by atoms with Gasteiger partial charge in [-0.3, -0.25) is 0 Å². The van der Waals surface area contributed by atoms with Gasteiger partial charge < -0.3 is 10.5 Å². The van der Waals surface area contributed by atoms with Crippen LogP contribution in [0.2, 0.25) is 10.0 Å². The van der Waals surface area contributed by atoms with Crippen LogP contribution in [-0.2, 0) is 0 Å². The summed E-state index contributed by atoms with van der Waals surface area (Å²) in [5, 5.41) is 0.918. The molecule has 0 aromatic heterocycles. The summed E-state index contributed by atoms with van der Waals surface area (Å²) in [6.45, 7) is 0. The van der Waals surface area contributed by atoms with E-state index >= 15 is 0 Å². The van der Waals surface area contributed by atoms with Crippen molar-refractivity contribution in [3.8, 4) is 11.5 Å². The number of hydrogen-bond donors (Lipinski definition) is 1. The fraction of sp³-hybridized carbons (Fsp3) is 0. The average molecular weight is 377 g/mol. The Balaban J connectivity index is 2.44. The third kappa shape index (κ3) is 3.39. The van der Waals surface area contributed by atoms with Gasteiger partial charge in [0.2, 0.25) is 0 Å². The summed E-state index contributed by atoms with van der Waals surface area (Å²) in [4.78, 5) is 0.175. The van der Waals surface area contributed by atoms with E-state index in [0.29, 0.717) is 27.1 Å². The first-order chi connectivity index (χ1) is 8.99. The van der Waals surface area contributed by atoms with Gasteiger partial charge in [-0.25, -0.2) is 0 Å². The molecule has 0 fully saturated rings. The number of thiocarbonyl (C=S) groups is 1. The van der Waals surface area contributed by atoms with Gasteiger partial charge in [0.15, 0.2) is 0 Å². The number of hydrogen-bond acceptors (Lipinski definition) is 2. The van der Waals surface area contributed by atoms with E-state index in [-0.39, 0.29) is 4.99 Å². The van der Waals surface area contributed by atoms with Crippen molar-refractivity contribution in [2.45, 2.75) is 0 Å². The first kappa shape index (κ1) is 14.6. The summed E-state index contributed by atoms with van der Waals surface area (Å²) in [6.07, 6.45) is 0. The van der Waals surface area contributed by atoms with Crippen LogP contribution in [0.15, 0.2) is 40.9 Å². The molecule has 0 aliphatic rings. The van der Waals surface area contributed by atoms with E-state index < -0.39 is 0 Å². The van der Waals surface area contributed by atoms with E-state index in [1.165, 1.54) is 0 Å². The highest BCUT2D eigenvalue weighted by atomic mass is 79.9. The van der Waals surface area contributed by atoms with Crippen molar-refractivity contribution in [3.05, 3.63) is 56.5 Å². The van der Waals surface area contributed by atoms with Crippen LogP contribution in [0, 0.1) is 0 Å². The molecule has 0 saturated carbocycles. The fourth-order valence-corrected chi connectivity index (χ4v) is 2.75. The van der Waals surface area contributed by atoms with Crippen LogP contribution in [-0.4, -0.2) is 4.99 Å². The van der Waals surface area contributed by atoms with Gasteiger partial charge in [0.25, 0.3) is 0 Å². The van der Waals surface area contributed by atoms with E-state index in [1.807, 2.05) is 6.07 Å². The lowest BCUT2D eigenvalue weighted by atomic mass is 10.2. The number of benzene rings is 2. The highest BCUT2D eigenvalue weighted by Gasteiger charge is 2.13. The Morgan fingerprint density at radius 3 is 2.47 bits per heavy atom. The predicted octanol–water partition coefficient (Wildman–Crippen LogP) is 5.18. The Kier molecular flexibility index (Phi) is 4.68. The third-order valence-corrected chi connectivity index (χ3v) is 3.64. The lowest BCUT2D eigenvalue weighted by Crippen LogP contribution is -2.11. The molecule has 2 nitrogen and oxygen atoms in total. The molecular weight excluding hydrogens is 369 g/mol. The summed E-state index contributed by atoms with van der Waals surface area (Å²) >= 11 is 20.5. The largest absolute Gasteiger partial charge is 0.455 e. The van der Waals surface area contributed by atoms with Crippen molar-refractivity contribution in [2.75, 3.05) is 0 Å². The van der Waals surface area contributed by atoms with Crippen LogP contribution >= 0.6 is 51.3 Å². The molecule has 0 aliphatic heterocycles. The Morgan fingerprint density at radius 2 is 1.84 bits per heavy atom. The average Bonchev–Trinajstić information content (AvgIpc) is 2.32. The lowest BCUT2D eigenvalue weighted by molar-refractivity contribution is 0.482. The summed E-state index contributed by atoms with van der Waals surface area (Å²) in [5.74, 6) is 0.980. The Morgan fingerprint density at radius 1 is 1.11 bits per heavy atom. The van der Waals surface area contributed by atoms with E-state index in [9.17, 15) is 0 Å². The molecule has 6 heteroatoms. The highest BCUT2D eigenvalue weighted by molar-refractivity contribution is 9.10. The molecule has 0 atom stereocenters. The topological polar surface area (TPSA) is 35.2 Å². The zero-order chi connectivity index (χ0) is 14.0. The van der Waals surface area contributed by atoms with Crippen LogP contribution in [0.1, 0.15) is 5.56 Å². The van der Waals surface area contributed by atoms with Crippen LogP contribution in [0.25, 0.3) is 0 Å². The smallest absolute Gasteiger partial charge is 0.146 e.